The number of esters is 3. The lowest BCUT2D eigenvalue weighted by molar-refractivity contribution is -0.765. The van der Waals surface area contributed by atoms with Gasteiger partial charge < -0.3 is 24.7 Å². The average molecular weight is 508 g/mol. The van der Waals surface area contributed by atoms with E-state index in [9.17, 15) is 19.2 Å². The summed E-state index contributed by atoms with van der Waals surface area (Å²) in [4.78, 5) is 49.1. The summed E-state index contributed by atoms with van der Waals surface area (Å²) < 4.78 is 24.6. The van der Waals surface area contributed by atoms with E-state index in [1.54, 1.807) is 22.9 Å². The van der Waals surface area contributed by atoms with Gasteiger partial charge in [-0.05, 0) is 25.3 Å². The van der Waals surface area contributed by atoms with Crippen LogP contribution in [0.1, 0.15) is 95.1 Å². The summed E-state index contributed by atoms with van der Waals surface area (Å²) in [5.41, 5.74) is 5.66. The van der Waals surface area contributed by atoms with Crippen molar-refractivity contribution in [3.8, 4) is 0 Å². The molecule has 1 aliphatic heterocycles. The van der Waals surface area contributed by atoms with Crippen LogP contribution in [0.25, 0.3) is 0 Å². The van der Waals surface area contributed by atoms with Crippen molar-refractivity contribution in [2.24, 2.45) is 5.73 Å². The second-order valence-corrected chi connectivity index (χ2v) is 8.87. The Balaban J connectivity index is 2.35. The molecule has 0 saturated carbocycles. The molecule has 2 heterocycles. The van der Waals surface area contributed by atoms with E-state index in [1.165, 1.54) is 6.20 Å². The van der Waals surface area contributed by atoms with Gasteiger partial charge in [-0.3, -0.25) is 19.2 Å². The Morgan fingerprint density at radius 2 is 1.44 bits per heavy atom. The Hall–Kier alpha value is -3.01. The molecular formula is C26H39N2O8+. The van der Waals surface area contributed by atoms with Crippen molar-refractivity contribution in [1.82, 2.24) is 0 Å². The van der Waals surface area contributed by atoms with Gasteiger partial charge in [0, 0.05) is 25.3 Å². The zero-order chi connectivity index (χ0) is 26.5. The maximum atomic E-state index is 12.6. The Morgan fingerprint density at radius 1 is 0.889 bits per heavy atom. The molecule has 0 spiro atoms. The SMILES string of the molecule is CCCCC(=O)OC[C@H]1OC([n+]2cccc(C(N)=O)c2)[C@H](OC(=O)CCCC)[C@@H]1OC(=O)CCCC. The number of hydrogen-bond acceptors (Lipinski definition) is 8. The zero-order valence-corrected chi connectivity index (χ0v) is 21.5. The molecule has 200 valence electrons. The second kappa shape index (κ2) is 15.2. The van der Waals surface area contributed by atoms with Gasteiger partial charge >= 0.3 is 24.1 Å². The fraction of sp³-hybridized carbons (Fsp3) is 0.654. The van der Waals surface area contributed by atoms with Crippen LogP contribution in [0, 0.1) is 0 Å². The maximum Gasteiger partial charge on any atom is 0.306 e. The summed E-state index contributed by atoms with van der Waals surface area (Å²) in [5.74, 6) is -1.95. The third kappa shape index (κ3) is 8.89. The molecule has 1 aromatic heterocycles. The summed E-state index contributed by atoms with van der Waals surface area (Å²) >= 11 is 0. The Bertz CT molecular complexity index is 890. The molecule has 10 nitrogen and oxygen atoms in total. The van der Waals surface area contributed by atoms with E-state index in [0.717, 1.165) is 19.3 Å². The van der Waals surface area contributed by atoms with Gasteiger partial charge in [0.15, 0.2) is 18.5 Å². The number of unbranched alkanes of at least 4 members (excludes halogenated alkanes) is 3. The Labute approximate surface area is 212 Å². The third-order valence-electron chi connectivity index (χ3n) is 5.83. The van der Waals surface area contributed by atoms with E-state index in [-0.39, 0.29) is 37.4 Å². The van der Waals surface area contributed by atoms with Crippen molar-refractivity contribution >= 4 is 23.8 Å². The Morgan fingerprint density at radius 3 is 2.00 bits per heavy atom. The number of carbonyl (C=O) groups is 4. The fourth-order valence-corrected chi connectivity index (χ4v) is 3.78. The highest BCUT2D eigenvalue weighted by molar-refractivity contribution is 5.92. The first-order valence-corrected chi connectivity index (χ1v) is 12.8. The van der Waals surface area contributed by atoms with Crippen molar-refractivity contribution in [2.75, 3.05) is 6.61 Å². The highest BCUT2D eigenvalue weighted by Crippen LogP contribution is 2.32. The van der Waals surface area contributed by atoms with Crippen molar-refractivity contribution in [3.05, 3.63) is 30.1 Å². The number of carbonyl (C=O) groups excluding carboxylic acids is 4. The molecule has 0 bridgehead atoms. The van der Waals surface area contributed by atoms with Crippen molar-refractivity contribution < 1.29 is 42.7 Å². The van der Waals surface area contributed by atoms with Crippen LogP contribution in [0.2, 0.25) is 0 Å². The number of nitrogens with two attached hydrogens (primary N) is 1. The third-order valence-corrected chi connectivity index (χ3v) is 5.83. The monoisotopic (exact) mass is 507 g/mol. The minimum Gasteiger partial charge on any atom is -0.463 e. The van der Waals surface area contributed by atoms with Crippen LogP contribution in [0.3, 0.4) is 0 Å². The van der Waals surface area contributed by atoms with Crippen LogP contribution >= 0.6 is 0 Å². The highest BCUT2D eigenvalue weighted by Gasteiger charge is 2.55. The molecule has 0 aromatic carbocycles. The van der Waals surface area contributed by atoms with Crippen LogP contribution in [0.5, 0.6) is 0 Å². The highest BCUT2D eigenvalue weighted by atomic mass is 16.7. The van der Waals surface area contributed by atoms with Gasteiger partial charge in [0.2, 0.25) is 6.10 Å². The van der Waals surface area contributed by atoms with Crippen LogP contribution < -0.4 is 10.3 Å². The maximum absolute atomic E-state index is 12.6. The second-order valence-electron chi connectivity index (χ2n) is 8.87. The normalized spacial score (nSPS) is 21.1. The minimum atomic E-state index is -1.02. The number of nitrogens with zero attached hydrogens (tertiary/aromatic N) is 1. The topological polar surface area (TPSA) is 135 Å². The van der Waals surface area contributed by atoms with Crippen molar-refractivity contribution in [3.63, 3.8) is 0 Å². The molecule has 0 aliphatic carbocycles. The molecule has 0 radical (unpaired) electrons. The lowest BCUT2D eigenvalue weighted by atomic mass is 10.1. The number of ether oxygens (including phenoxy) is 4. The Kier molecular flexibility index (Phi) is 12.3. The molecule has 36 heavy (non-hydrogen) atoms. The lowest BCUT2D eigenvalue weighted by Gasteiger charge is -2.22. The van der Waals surface area contributed by atoms with Crippen molar-refractivity contribution in [2.45, 2.75) is 103 Å². The predicted molar refractivity (Wildman–Crippen MR) is 128 cm³/mol. The van der Waals surface area contributed by atoms with E-state index in [1.807, 2.05) is 20.8 Å². The first kappa shape index (κ1) is 29.2. The molecule has 1 fully saturated rings. The van der Waals surface area contributed by atoms with E-state index >= 15 is 0 Å². The smallest absolute Gasteiger partial charge is 0.306 e. The molecule has 1 aromatic rings. The molecule has 1 saturated heterocycles. The lowest BCUT2D eigenvalue weighted by Crippen LogP contribution is -2.49. The number of primary amides is 1. The molecule has 1 aliphatic rings. The average Bonchev–Trinajstić information content (AvgIpc) is 3.20. The molecular weight excluding hydrogens is 468 g/mol. The summed E-state index contributed by atoms with van der Waals surface area (Å²) in [6.45, 7) is 5.71. The van der Waals surface area contributed by atoms with Crippen LogP contribution in [0.4, 0.5) is 0 Å². The van der Waals surface area contributed by atoms with E-state index in [4.69, 9.17) is 24.7 Å². The summed E-state index contributed by atoms with van der Waals surface area (Å²) in [7, 11) is 0. The van der Waals surface area contributed by atoms with E-state index in [2.05, 4.69) is 0 Å². The van der Waals surface area contributed by atoms with E-state index < -0.39 is 42.4 Å². The molecule has 1 unspecified atom stereocenters. The predicted octanol–water partition coefficient (Wildman–Crippen LogP) is 2.91. The summed E-state index contributed by atoms with van der Waals surface area (Å²) in [6.07, 6.45) is 4.36. The summed E-state index contributed by atoms with van der Waals surface area (Å²) in [5, 5.41) is 0. The molecule has 4 atom stereocenters. The van der Waals surface area contributed by atoms with Crippen LogP contribution in [-0.2, 0) is 33.3 Å². The minimum absolute atomic E-state index is 0.177. The standard InChI is InChI=1S/C26H38N2O8/c1-4-7-12-20(29)33-17-19-23(35-21(30)13-8-5-2)24(36-22(31)14-9-6-3)26(34-19)28-15-10-11-18(16-28)25(27)32/h10-11,15-16,19,23-24,26H,4-9,12-14,17H2,1-3H3,(H-,27,32)/p+1/t19-,23-,24-,26?/m1/s1. The van der Waals surface area contributed by atoms with Crippen molar-refractivity contribution in [1.29, 1.82) is 0 Å². The van der Waals surface area contributed by atoms with Gasteiger partial charge in [0.25, 0.3) is 5.91 Å². The fourth-order valence-electron chi connectivity index (χ4n) is 3.78. The zero-order valence-electron chi connectivity index (χ0n) is 21.5. The number of amides is 1. The van der Waals surface area contributed by atoms with Gasteiger partial charge in [-0.25, -0.2) is 0 Å². The quantitative estimate of drug-likeness (QED) is 0.217. The van der Waals surface area contributed by atoms with Gasteiger partial charge in [-0.1, -0.05) is 40.0 Å². The van der Waals surface area contributed by atoms with Gasteiger partial charge in [0.05, 0.1) is 0 Å². The summed E-state index contributed by atoms with van der Waals surface area (Å²) in [6, 6.07) is 3.16. The largest absolute Gasteiger partial charge is 0.463 e. The molecule has 2 N–H and O–H groups in total. The number of rotatable bonds is 15. The molecule has 1 amide bonds. The molecule has 2 rings (SSSR count). The number of hydrogen-bond donors (Lipinski definition) is 1. The van der Waals surface area contributed by atoms with Crippen LogP contribution in [-0.4, -0.2) is 48.7 Å². The van der Waals surface area contributed by atoms with Crippen LogP contribution in [0.15, 0.2) is 24.5 Å². The number of aromatic nitrogens is 1. The van der Waals surface area contributed by atoms with E-state index in [0.29, 0.717) is 19.3 Å². The van der Waals surface area contributed by atoms with Gasteiger partial charge in [-0.15, -0.1) is 0 Å². The van der Waals surface area contributed by atoms with Gasteiger partial charge in [0.1, 0.15) is 18.3 Å². The number of pyridine rings is 1. The van der Waals surface area contributed by atoms with Gasteiger partial charge in [-0.2, -0.15) is 4.57 Å². The first-order chi connectivity index (χ1) is 17.3. The first-order valence-electron chi connectivity index (χ1n) is 12.8. The molecule has 10 heteroatoms.